The number of amides is 1. The van der Waals surface area contributed by atoms with Gasteiger partial charge in [-0.2, -0.15) is 0 Å². The number of nitrogens with one attached hydrogen (secondary N) is 1. The lowest BCUT2D eigenvalue weighted by atomic mass is 10.0. The maximum atomic E-state index is 13.1. The first-order chi connectivity index (χ1) is 14.2. The molecule has 6 heteroatoms. The van der Waals surface area contributed by atoms with Crippen LogP contribution in [-0.4, -0.2) is 21.4 Å². The topological polar surface area (TPSA) is 66.5 Å². The summed E-state index contributed by atoms with van der Waals surface area (Å²) in [5.74, 6) is -0.102. The van der Waals surface area contributed by atoms with Gasteiger partial charge in [-0.25, -0.2) is 8.42 Å². The van der Waals surface area contributed by atoms with Crippen LogP contribution in [0, 0.1) is 6.92 Å². The van der Waals surface area contributed by atoms with Crippen LogP contribution in [-0.2, 0) is 10.0 Å². The van der Waals surface area contributed by atoms with E-state index in [0.29, 0.717) is 5.69 Å². The molecule has 0 bridgehead atoms. The van der Waals surface area contributed by atoms with Crippen molar-refractivity contribution >= 4 is 27.3 Å². The summed E-state index contributed by atoms with van der Waals surface area (Å²) in [6, 6.07) is 21.0. The fourth-order valence-corrected chi connectivity index (χ4v) is 4.46. The second-order valence-corrected chi connectivity index (χ2v) is 9.50. The highest BCUT2D eigenvalue weighted by molar-refractivity contribution is 7.92. The minimum absolute atomic E-state index is 0.0660. The second-order valence-electron chi connectivity index (χ2n) is 7.54. The maximum absolute atomic E-state index is 13.1. The number of anilines is 2. The van der Waals surface area contributed by atoms with Crippen molar-refractivity contribution in [3.05, 3.63) is 89.5 Å². The lowest BCUT2D eigenvalue weighted by Crippen LogP contribution is -2.27. The number of sulfonamides is 1. The predicted octanol–water partition coefficient (Wildman–Crippen LogP) is 5.20. The molecule has 5 nitrogen and oxygen atoms in total. The number of carbonyl (C=O) groups excluding carboxylic acids is 1. The Labute approximate surface area is 178 Å². The molecule has 0 saturated carbocycles. The molecule has 0 saturated heterocycles. The van der Waals surface area contributed by atoms with Crippen LogP contribution < -0.4 is 9.62 Å². The van der Waals surface area contributed by atoms with Gasteiger partial charge in [0.1, 0.15) is 0 Å². The summed E-state index contributed by atoms with van der Waals surface area (Å²) in [6.45, 7) is 6.02. The van der Waals surface area contributed by atoms with Crippen molar-refractivity contribution in [2.75, 3.05) is 16.7 Å². The Morgan fingerprint density at radius 3 is 2.33 bits per heavy atom. The Hall–Kier alpha value is -3.12. The molecule has 0 aliphatic heterocycles. The minimum Gasteiger partial charge on any atom is -0.322 e. The van der Waals surface area contributed by atoms with Gasteiger partial charge in [0.15, 0.2) is 0 Å². The van der Waals surface area contributed by atoms with Gasteiger partial charge in [0.05, 0.1) is 10.6 Å². The van der Waals surface area contributed by atoms with Gasteiger partial charge in [-0.15, -0.1) is 0 Å². The molecule has 0 radical (unpaired) electrons. The monoisotopic (exact) mass is 422 g/mol. The van der Waals surface area contributed by atoms with Crippen molar-refractivity contribution in [2.24, 2.45) is 0 Å². The molecular weight excluding hydrogens is 396 g/mol. The van der Waals surface area contributed by atoms with E-state index in [2.05, 4.69) is 19.2 Å². The average molecular weight is 423 g/mol. The fraction of sp³-hybridized carbons (Fsp3) is 0.208. The third-order valence-corrected chi connectivity index (χ3v) is 6.73. The van der Waals surface area contributed by atoms with Crippen LogP contribution in [0.15, 0.2) is 77.7 Å². The first-order valence-electron chi connectivity index (χ1n) is 9.76. The zero-order valence-corrected chi connectivity index (χ0v) is 18.4. The highest BCUT2D eigenvalue weighted by Crippen LogP contribution is 2.26. The summed E-state index contributed by atoms with van der Waals surface area (Å²) in [7, 11) is -2.30. The summed E-state index contributed by atoms with van der Waals surface area (Å²) in [5.41, 5.74) is 3.56. The predicted molar refractivity (Wildman–Crippen MR) is 122 cm³/mol. The summed E-state index contributed by atoms with van der Waals surface area (Å²) in [4.78, 5) is 12.9. The number of carbonyl (C=O) groups is 1. The Balaban J connectivity index is 1.90. The Morgan fingerprint density at radius 2 is 1.63 bits per heavy atom. The Morgan fingerprint density at radius 1 is 0.933 bits per heavy atom. The van der Waals surface area contributed by atoms with E-state index >= 15 is 0 Å². The van der Waals surface area contributed by atoms with E-state index in [9.17, 15) is 13.2 Å². The molecule has 3 rings (SSSR count). The van der Waals surface area contributed by atoms with Crippen molar-refractivity contribution in [3.8, 4) is 0 Å². The lowest BCUT2D eigenvalue weighted by molar-refractivity contribution is 0.102. The summed E-state index contributed by atoms with van der Waals surface area (Å²) < 4.78 is 27.5. The van der Waals surface area contributed by atoms with E-state index in [0.717, 1.165) is 16.8 Å². The molecule has 1 amide bonds. The molecule has 0 atom stereocenters. The zero-order chi connectivity index (χ0) is 21.9. The largest absolute Gasteiger partial charge is 0.322 e. The molecule has 156 valence electrons. The Bertz CT molecular complexity index is 1170. The summed E-state index contributed by atoms with van der Waals surface area (Å²) >= 11 is 0. The normalized spacial score (nSPS) is 11.4. The van der Waals surface area contributed by atoms with Crippen LogP contribution >= 0.6 is 0 Å². The van der Waals surface area contributed by atoms with Crippen LogP contribution in [0.25, 0.3) is 0 Å². The zero-order valence-electron chi connectivity index (χ0n) is 17.6. The van der Waals surface area contributed by atoms with E-state index in [1.807, 2.05) is 43.3 Å². The third kappa shape index (κ3) is 4.54. The van der Waals surface area contributed by atoms with Crippen molar-refractivity contribution < 1.29 is 13.2 Å². The molecule has 0 aliphatic carbocycles. The summed E-state index contributed by atoms with van der Waals surface area (Å²) in [5, 5.41) is 2.91. The van der Waals surface area contributed by atoms with Gasteiger partial charge >= 0.3 is 0 Å². The number of rotatable bonds is 6. The molecule has 0 aromatic heterocycles. The van der Waals surface area contributed by atoms with Crippen molar-refractivity contribution in [1.29, 1.82) is 0 Å². The molecule has 0 unspecified atom stereocenters. The van der Waals surface area contributed by atoms with Gasteiger partial charge in [-0.1, -0.05) is 50.2 Å². The quantitative estimate of drug-likeness (QED) is 0.594. The number of hydrogen-bond acceptors (Lipinski definition) is 3. The molecular formula is C24H26N2O3S. The highest BCUT2D eigenvalue weighted by atomic mass is 32.2. The number of benzene rings is 3. The summed E-state index contributed by atoms with van der Waals surface area (Å²) in [6.07, 6.45) is 0. The lowest BCUT2D eigenvalue weighted by Gasteiger charge is -2.20. The SMILES string of the molecule is Cc1cccc(N(C)S(=O)(=O)c2cccc(C(=O)Nc3ccccc3C(C)C)c2)c1. The molecule has 0 aliphatic rings. The van der Waals surface area contributed by atoms with Crippen LogP contribution in [0.2, 0.25) is 0 Å². The van der Waals surface area contributed by atoms with Crippen molar-refractivity contribution in [3.63, 3.8) is 0 Å². The van der Waals surface area contributed by atoms with Crippen LogP contribution in [0.4, 0.5) is 11.4 Å². The third-order valence-electron chi connectivity index (χ3n) is 4.95. The van der Waals surface area contributed by atoms with Gasteiger partial charge in [-0.3, -0.25) is 9.10 Å². The van der Waals surface area contributed by atoms with Crippen LogP contribution in [0.1, 0.15) is 41.3 Å². The highest BCUT2D eigenvalue weighted by Gasteiger charge is 2.23. The van der Waals surface area contributed by atoms with Gasteiger partial charge in [-0.05, 0) is 60.4 Å². The smallest absolute Gasteiger partial charge is 0.264 e. The molecule has 3 aromatic carbocycles. The van der Waals surface area contributed by atoms with E-state index in [4.69, 9.17) is 0 Å². The van der Waals surface area contributed by atoms with Gasteiger partial charge < -0.3 is 5.32 Å². The fourth-order valence-electron chi connectivity index (χ4n) is 3.23. The van der Waals surface area contributed by atoms with Crippen LogP contribution in [0.3, 0.4) is 0 Å². The Kier molecular flexibility index (Phi) is 6.27. The van der Waals surface area contributed by atoms with Crippen LogP contribution in [0.5, 0.6) is 0 Å². The average Bonchev–Trinajstić information content (AvgIpc) is 2.73. The maximum Gasteiger partial charge on any atom is 0.264 e. The number of nitrogens with zero attached hydrogens (tertiary/aromatic N) is 1. The second kappa shape index (κ2) is 8.71. The van der Waals surface area contributed by atoms with Gasteiger partial charge in [0.25, 0.3) is 15.9 Å². The molecule has 0 heterocycles. The molecule has 30 heavy (non-hydrogen) atoms. The number of para-hydroxylation sites is 1. The minimum atomic E-state index is -3.81. The molecule has 3 aromatic rings. The number of aryl methyl sites for hydroxylation is 1. The molecule has 0 spiro atoms. The number of hydrogen-bond donors (Lipinski definition) is 1. The first-order valence-corrected chi connectivity index (χ1v) is 11.2. The van der Waals surface area contributed by atoms with Crippen molar-refractivity contribution in [1.82, 2.24) is 0 Å². The molecule has 0 fully saturated rings. The molecule has 1 N–H and O–H groups in total. The van der Waals surface area contributed by atoms with E-state index in [1.165, 1.54) is 23.5 Å². The van der Waals surface area contributed by atoms with E-state index < -0.39 is 10.0 Å². The first kappa shape index (κ1) is 21.6. The van der Waals surface area contributed by atoms with E-state index in [1.54, 1.807) is 24.3 Å². The van der Waals surface area contributed by atoms with Gasteiger partial charge in [0, 0.05) is 18.3 Å². The van der Waals surface area contributed by atoms with Crippen molar-refractivity contribution in [2.45, 2.75) is 31.6 Å². The van der Waals surface area contributed by atoms with E-state index in [-0.39, 0.29) is 22.3 Å². The van der Waals surface area contributed by atoms with Gasteiger partial charge in [0.2, 0.25) is 0 Å². The standard InChI is InChI=1S/C24H26N2O3S/c1-17(2)22-13-5-6-14-23(22)25-24(27)19-10-8-12-21(16-19)30(28,29)26(4)20-11-7-9-18(3)15-20/h5-17H,1-4H3,(H,25,27).